The van der Waals surface area contributed by atoms with E-state index in [2.05, 4.69) is 0 Å². The molecule has 0 spiro atoms. The van der Waals surface area contributed by atoms with E-state index < -0.39 is 17.7 Å². The molecule has 4 amide bonds. The zero-order chi connectivity index (χ0) is 15.4. The number of amides is 4. The third-order valence-corrected chi connectivity index (χ3v) is 2.85. The van der Waals surface area contributed by atoms with Crippen molar-refractivity contribution in [3.63, 3.8) is 0 Å². The van der Waals surface area contributed by atoms with Gasteiger partial charge in [0.25, 0.3) is 17.7 Å². The first-order valence-electron chi connectivity index (χ1n) is 6.16. The Bertz CT molecular complexity index is 641. The van der Waals surface area contributed by atoms with Gasteiger partial charge >= 0.3 is 0 Å². The van der Waals surface area contributed by atoms with Crippen molar-refractivity contribution in [3.8, 4) is 0 Å². The van der Waals surface area contributed by atoms with Gasteiger partial charge in [-0.1, -0.05) is 6.08 Å². The highest BCUT2D eigenvalue weighted by Gasteiger charge is 2.25. The van der Waals surface area contributed by atoms with E-state index in [9.17, 15) is 19.2 Å². The zero-order valence-electron chi connectivity index (χ0n) is 11.2. The highest BCUT2D eigenvalue weighted by atomic mass is 16.2. The summed E-state index contributed by atoms with van der Waals surface area (Å²) in [6, 6.07) is 5.98. The number of carbonyl (C=O) groups excluding carboxylic acids is 4. The van der Waals surface area contributed by atoms with Crippen LogP contribution in [0.2, 0.25) is 0 Å². The molecule has 2 rings (SSSR count). The molecule has 0 aromatic heterocycles. The summed E-state index contributed by atoms with van der Waals surface area (Å²) in [6.07, 6.45) is 5.57. The van der Waals surface area contributed by atoms with Crippen LogP contribution >= 0.6 is 0 Å². The van der Waals surface area contributed by atoms with Crippen molar-refractivity contribution in [3.05, 3.63) is 48.6 Å². The molecular formula is C15H12N2O4. The van der Waals surface area contributed by atoms with E-state index in [0.717, 1.165) is 9.80 Å². The summed E-state index contributed by atoms with van der Waals surface area (Å²) < 4.78 is 0. The maximum absolute atomic E-state index is 11.7. The fraction of sp³-hybridized carbons (Fsp3) is 0.0667. The minimum Gasteiger partial charge on any atom is -0.278 e. The van der Waals surface area contributed by atoms with Gasteiger partial charge in [0, 0.05) is 12.2 Å². The molecule has 6 heteroatoms. The van der Waals surface area contributed by atoms with Crippen molar-refractivity contribution in [2.45, 2.75) is 6.92 Å². The van der Waals surface area contributed by atoms with E-state index >= 15 is 0 Å². The molecule has 0 N–H and O–H groups in total. The molecule has 0 aliphatic carbocycles. The average molecular weight is 284 g/mol. The Morgan fingerprint density at radius 1 is 1.10 bits per heavy atom. The third kappa shape index (κ3) is 2.79. The van der Waals surface area contributed by atoms with Crippen LogP contribution in [0.1, 0.15) is 6.92 Å². The van der Waals surface area contributed by atoms with Crippen LogP contribution < -0.4 is 9.80 Å². The quantitative estimate of drug-likeness (QED) is 0.473. The van der Waals surface area contributed by atoms with Gasteiger partial charge < -0.3 is 0 Å². The summed E-state index contributed by atoms with van der Waals surface area (Å²) in [4.78, 5) is 47.7. The van der Waals surface area contributed by atoms with Crippen LogP contribution in [-0.2, 0) is 19.2 Å². The summed E-state index contributed by atoms with van der Waals surface area (Å²) in [7, 11) is 0. The van der Waals surface area contributed by atoms with Crippen molar-refractivity contribution in [2.24, 2.45) is 0 Å². The first-order valence-corrected chi connectivity index (χ1v) is 6.16. The molecule has 106 valence electrons. The van der Waals surface area contributed by atoms with Gasteiger partial charge in [-0.15, -0.1) is 0 Å². The third-order valence-electron chi connectivity index (χ3n) is 2.85. The molecule has 0 fully saturated rings. The largest absolute Gasteiger partial charge is 0.278 e. The molecule has 1 aliphatic heterocycles. The summed E-state index contributed by atoms with van der Waals surface area (Å²) in [5.41, 5.74) is 0.729. The number of hydrogen-bond donors (Lipinski definition) is 0. The first-order chi connectivity index (χ1) is 10.1. The molecule has 0 unspecified atom stereocenters. The number of imide groups is 2. The lowest BCUT2D eigenvalue weighted by Crippen LogP contribution is -2.30. The fourth-order valence-corrected chi connectivity index (χ4v) is 1.88. The van der Waals surface area contributed by atoms with Crippen molar-refractivity contribution in [1.82, 2.24) is 0 Å². The maximum atomic E-state index is 11.7. The predicted molar refractivity (Wildman–Crippen MR) is 76.4 cm³/mol. The standard InChI is InChI=1S/C15H12N2O4/c1-2-3-13(19)16(10-18)11-4-6-12(7-5-11)17-14(20)8-9-15(17)21/h2-10H,1H3/b3-2-. The number of benzene rings is 1. The lowest BCUT2D eigenvalue weighted by Gasteiger charge is -2.17. The molecule has 6 nitrogen and oxygen atoms in total. The Morgan fingerprint density at radius 2 is 1.67 bits per heavy atom. The minimum atomic E-state index is -0.477. The van der Waals surface area contributed by atoms with Crippen molar-refractivity contribution in [2.75, 3.05) is 9.80 Å². The fourth-order valence-electron chi connectivity index (χ4n) is 1.88. The monoisotopic (exact) mass is 284 g/mol. The Morgan fingerprint density at radius 3 is 2.14 bits per heavy atom. The van der Waals surface area contributed by atoms with Gasteiger partial charge in [-0.05, 0) is 37.3 Å². The molecule has 21 heavy (non-hydrogen) atoms. The summed E-state index contributed by atoms with van der Waals surface area (Å²) >= 11 is 0. The van der Waals surface area contributed by atoms with Crippen LogP contribution in [-0.4, -0.2) is 24.1 Å². The molecule has 0 saturated heterocycles. The van der Waals surface area contributed by atoms with E-state index in [1.54, 1.807) is 6.92 Å². The Kier molecular flexibility index (Phi) is 4.08. The van der Waals surface area contributed by atoms with E-state index in [1.165, 1.54) is 48.6 Å². The van der Waals surface area contributed by atoms with Gasteiger partial charge in [0.15, 0.2) is 0 Å². The van der Waals surface area contributed by atoms with Gasteiger partial charge in [0.1, 0.15) is 0 Å². The molecule has 1 heterocycles. The predicted octanol–water partition coefficient (Wildman–Crippen LogP) is 1.18. The van der Waals surface area contributed by atoms with Gasteiger partial charge in [-0.2, -0.15) is 0 Å². The van der Waals surface area contributed by atoms with Gasteiger partial charge in [-0.25, -0.2) is 9.80 Å². The van der Waals surface area contributed by atoms with Crippen molar-refractivity contribution in [1.29, 1.82) is 0 Å². The van der Waals surface area contributed by atoms with Crippen LogP contribution in [0.25, 0.3) is 0 Å². The lowest BCUT2D eigenvalue weighted by molar-refractivity contribution is -0.121. The summed E-state index contributed by atoms with van der Waals surface area (Å²) in [5, 5.41) is 0. The Labute approximate surface area is 120 Å². The molecule has 1 aliphatic rings. The van der Waals surface area contributed by atoms with Crippen LogP contribution in [0.4, 0.5) is 11.4 Å². The second kappa shape index (κ2) is 5.96. The van der Waals surface area contributed by atoms with E-state index in [-0.39, 0.29) is 0 Å². The van der Waals surface area contributed by atoms with Crippen molar-refractivity contribution < 1.29 is 19.2 Å². The van der Waals surface area contributed by atoms with E-state index in [4.69, 9.17) is 0 Å². The minimum absolute atomic E-state index is 0.351. The average Bonchev–Trinajstić information content (AvgIpc) is 2.80. The molecule has 0 radical (unpaired) electrons. The number of rotatable bonds is 4. The zero-order valence-corrected chi connectivity index (χ0v) is 11.2. The van der Waals surface area contributed by atoms with Gasteiger partial charge in [0.05, 0.1) is 11.4 Å². The van der Waals surface area contributed by atoms with Crippen LogP contribution in [0.15, 0.2) is 48.6 Å². The SMILES string of the molecule is C/C=C\C(=O)N(C=O)c1ccc(N2C(=O)C=CC2=O)cc1. The number of anilines is 2. The van der Waals surface area contributed by atoms with Gasteiger partial charge in [-0.3, -0.25) is 19.2 Å². The highest BCUT2D eigenvalue weighted by Crippen LogP contribution is 2.23. The molecule has 0 saturated carbocycles. The Balaban J connectivity index is 2.26. The maximum Gasteiger partial charge on any atom is 0.258 e. The highest BCUT2D eigenvalue weighted by molar-refractivity contribution is 6.28. The van der Waals surface area contributed by atoms with E-state index in [1.807, 2.05) is 0 Å². The normalized spacial score (nSPS) is 14.0. The smallest absolute Gasteiger partial charge is 0.258 e. The molecule has 1 aromatic carbocycles. The first kappa shape index (κ1) is 14.4. The topological polar surface area (TPSA) is 74.8 Å². The molecule has 0 bridgehead atoms. The number of nitrogens with zero attached hydrogens (tertiary/aromatic N) is 2. The van der Waals surface area contributed by atoms with Crippen LogP contribution in [0.5, 0.6) is 0 Å². The van der Waals surface area contributed by atoms with Crippen LogP contribution in [0, 0.1) is 0 Å². The second-order valence-electron chi connectivity index (χ2n) is 4.18. The molecule has 1 aromatic rings. The summed E-state index contributed by atoms with van der Waals surface area (Å²) in [6.45, 7) is 1.67. The number of carbonyl (C=O) groups is 4. The van der Waals surface area contributed by atoms with E-state index in [0.29, 0.717) is 17.8 Å². The Hall–Kier alpha value is -3.02. The number of allylic oxidation sites excluding steroid dienone is 1. The lowest BCUT2D eigenvalue weighted by atomic mass is 10.2. The van der Waals surface area contributed by atoms with Crippen LogP contribution in [0.3, 0.4) is 0 Å². The molecular weight excluding hydrogens is 272 g/mol. The van der Waals surface area contributed by atoms with Crippen molar-refractivity contribution >= 4 is 35.5 Å². The molecule has 0 atom stereocenters. The summed E-state index contributed by atoms with van der Waals surface area (Å²) in [5.74, 6) is -1.33. The number of hydrogen-bond acceptors (Lipinski definition) is 4. The second-order valence-corrected chi connectivity index (χ2v) is 4.18. The van der Waals surface area contributed by atoms with Gasteiger partial charge in [0.2, 0.25) is 6.41 Å².